The average Bonchev–Trinajstić information content (AvgIpc) is 2.50. The third-order valence-electron chi connectivity index (χ3n) is 4.30. The number of hydrogen-bond donors (Lipinski definition) is 1. The average molecular weight is 292 g/mol. The molecule has 0 amide bonds. The minimum Gasteiger partial charge on any atom is -0.475 e. The number of hydrogen-bond acceptors (Lipinski definition) is 4. The first-order chi connectivity index (χ1) is 10.2. The fraction of sp³-hybridized carbons (Fsp3) is 0.706. The lowest BCUT2D eigenvalue weighted by Crippen LogP contribution is -2.35. The second-order valence-electron chi connectivity index (χ2n) is 6.17. The summed E-state index contributed by atoms with van der Waals surface area (Å²) in [4.78, 5) is 4.35. The van der Waals surface area contributed by atoms with E-state index in [1.807, 2.05) is 12.3 Å². The summed E-state index contributed by atoms with van der Waals surface area (Å²) in [5.41, 5.74) is 1.09. The lowest BCUT2D eigenvalue weighted by molar-refractivity contribution is 0.144. The second kappa shape index (κ2) is 8.23. The molecule has 0 bridgehead atoms. The smallest absolute Gasteiger partial charge is 0.213 e. The Bertz CT molecular complexity index is 406. The van der Waals surface area contributed by atoms with Gasteiger partial charge in [0.1, 0.15) is 6.61 Å². The van der Waals surface area contributed by atoms with Crippen LogP contribution >= 0.6 is 0 Å². The summed E-state index contributed by atoms with van der Waals surface area (Å²) < 4.78 is 10.4. The molecule has 1 aromatic rings. The predicted molar refractivity (Wildman–Crippen MR) is 85.8 cm³/mol. The van der Waals surface area contributed by atoms with Gasteiger partial charge < -0.3 is 14.8 Å². The van der Waals surface area contributed by atoms with Crippen molar-refractivity contribution in [3.8, 4) is 5.88 Å². The van der Waals surface area contributed by atoms with Crippen molar-refractivity contribution < 1.29 is 9.47 Å². The Balaban J connectivity index is 1.89. The molecule has 0 aliphatic heterocycles. The van der Waals surface area contributed by atoms with Gasteiger partial charge in [-0.15, -0.1) is 0 Å². The Morgan fingerprint density at radius 2 is 2.05 bits per heavy atom. The van der Waals surface area contributed by atoms with Crippen molar-refractivity contribution in [1.82, 2.24) is 4.98 Å². The van der Waals surface area contributed by atoms with E-state index < -0.39 is 0 Å². The molecule has 1 N–H and O–H groups in total. The van der Waals surface area contributed by atoms with Crippen LogP contribution in [-0.4, -0.2) is 31.3 Å². The van der Waals surface area contributed by atoms with Crippen LogP contribution in [0.3, 0.4) is 0 Å². The second-order valence-corrected chi connectivity index (χ2v) is 6.17. The van der Waals surface area contributed by atoms with E-state index >= 15 is 0 Å². The van der Waals surface area contributed by atoms with Gasteiger partial charge in [-0.05, 0) is 30.7 Å². The van der Waals surface area contributed by atoms with Crippen LogP contribution < -0.4 is 10.1 Å². The zero-order valence-corrected chi connectivity index (χ0v) is 13.5. The van der Waals surface area contributed by atoms with E-state index in [1.54, 1.807) is 7.11 Å². The highest BCUT2D eigenvalue weighted by molar-refractivity contribution is 5.43. The number of methoxy groups -OCH3 is 1. The summed E-state index contributed by atoms with van der Waals surface area (Å²) in [7, 11) is 1.67. The van der Waals surface area contributed by atoms with Crippen LogP contribution in [-0.2, 0) is 4.74 Å². The van der Waals surface area contributed by atoms with Gasteiger partial charge >= 0.3 is 0 Å². The first-order valence-electron chi connectivity index (χ1n) is 8.05. The molecule has 1 aromatic heterocycles. The Kier molecular flexibility index (Phi) is 6.30. The number of aromatic nitrogens is 1. The van der Waals surface area contributed by atoms with Crippen molar-refractivity contribution >= 4 is 5.69 Å². The predicted octanol–water partition coefficient (Wildman–Crippen LogP) is 3.73. The molecule has 0 aromatic carbocycles. The van der Waals surface area contributed by atoms with Crippen molar-refractivity contribution in [2.24, 2.45) is 11.8 Å². The molecule has 1 saturated carbocycles. The van der Waals surface area contributed by atoms with E-state index in [9.17, 15) is 0 Å². The van der Waals surface area contributed by atoms with Crippen LogP contribution in [0, 0.1) is 11.8 Å². The molecular formula is C17H28N2O2. The zero-order chi connectivity index (χ0) is 15.1. The van der Waals surface area contributed by atoms with E-state index in [0.717, 1.165) is 17.5 Å². The molecule has 4 heteroatoms. The van der Waals surface area contributed by atoms with E-state index in [2.05, 4.69) is 30.2 Å². The molecule has 1 heterocycles. The molecule has 2 unspecified atom stereocenters. The highest BCUT2D eigenvalue weighted by Crippen LogP contribution is 2.32. The maximum atomic E-state index is 5.49. The van der Waals surface area contributed by atoms with Crippen LogP contribution in [0.4, 0.5) is 5.69 Å². The summed E-state index contributed by atoms with van der Waals surface area (Å²) in [6.45, 7) is 5.78. The van der Waals surface area contributed by atoms with Gasteiger partial charge in [0.2, 0.25) is 5.88 Å². The van der Waals surface area contributed by atoms with Gasteiger partial charge in [-0.25, -0.2) is 4.98 Å². The number of rotatable bonds is 7. The molecule has 2 atom stereocenters. The SMILES string of the molecule is COCCOc1ccc(NC2CCCCC2C(C)C)cn1. The van der Waals surface area contributed by atoms with Crippen LogP contribution in [0.25, 0.3) is 0 Å². The quantitative estimate of drug-likeness (QED) is 0.778. The molecule has 2 rings (SSSR count). The number of nitrogens with zero attached hydrogens (tertiary/aromatic N) is 1. The van der Waals surface area contributed by atoms with Gasteiger partial charge in [-0.2, -0.15) is 0 Å². The zero-order valence-electron chi connectivity index (χ0n) is 13.5. The minimum atomic E-state index is 0.536. The van der Waals surface area contributed by atoms with Gasteiger partial charge in [0.25, 0.3) is 0 Å². The molecular weight excluding hydrogens is 264 g/mol. The Morgan fingerprint density at radius 3 is 2.71 bits per heavy atom. The summed E-state index contributed by atoms with van der Waals surface area (Å²) in [5.74, 6) is 2.14. The number of ether oxygens (including phenoxy) is 2. The van der Waals surface area contributed by atoms with Crippen molar-refractivity contribution in [3.05, 3.63) is 18.3 Å². The third-order valence-corrected chi connectivity index (χ3v) is 4.30. The van der Waals surface area contributed by atoms with Crippen LogP contribution in [0.15, 0.2) is 18.3 Å². The normalized spacial score (nSPS) is 22.3. The highest BCUT2D eigenvalue weighted by atomic mass is 16.5. The lowest BCUT2D eigenvalue weighted by Gasteiger charge is -2.35. The topological polar surface area (TPSA) is 43.4 Å². The van der Waals surface area contributed by atoms with E-state index in [4.69, 9.17) is 9.47 Å². The molecule has 21 heavy (non-hydrogen) atoms. The monoisotopic (exact) mass is 292 g/mol. The van der Waals surface area contributed by atoms with Crippen molar-refractivity contribution in [2.75, 3.05) is 25.6 Å². The molecule has 0 saturated heterocycles. The Labute approximate surface area is 128 Å². The van der Waals surface area contributed by atoms with Crippen LogP contribution in [0.5, 0.6) is 5.88 Å². The number of anilines is 1. The maximum Gasteiger partial charge on any atom is 0.213 e. The van der Waals surface area contributed by atoms with E-state index in [-0.39, 0.29) is 0 Å². The first-order valence-corrected chi connectivity index (χ1v) is 8.05. The van der Waals surface area contributed by atoms with Gasteiger partial charge in [0.05, 0.1) is 18.5 Å². The minimum absolute atomic E-state index is 0.536. The molecule has 1 fully saturated rings. The molecule has 1 aliphatic carbocycles. The maximum absolute atomic E-state index is 5.49. The van der Waals surface area contributed by atoms with Crippen molar-refractivity contribution in [3.63, 3.8) is 0 Å². The van der Waals surface area contributed by atoms with Gasteiger partial charge in [-0.1, -0.05) is 26.7 Å². The molecule has 4 nitrogen and oxygen atoms in total. The van der Waals surface area contributed by atoms with Gasteiger partial charge in [-0.3, -0.25) is 0 Å². The lowest BCUT2D eigenvalue weighted by atomic mass is 9.78. The summed E-state index contributed by atoms with van der Waals surface area (Å²) >= 11 is 0. The molecule has 1 aliphatic rings. The Hall–Kier alpha value is -1.29. The fourth-order valence-electron chi connectivity index (χ4n) is 3.13. The van der Waals surface area contributed by atoms with E-state index in [1.165, 1.54) is 25.7 Å². The standard InChI is InChI=1S/C17H28N2O2/c1-13(2)15-6-4-5-7-16(15)19-14-8-9-17(18-12-14)21-11-10-20-3/h8-9,12-13,15-16,19H,4-7,10-11H2,1-3H3. The van der Waals surface area contributed by atoms with Crippen molar-refractivity contribution in [1.29, 1.82) is 0 Å². The van der Waals surface area contributed by atoms with E-state index in [0.29, 0.717) is 25.1 Å². The van der Waals surface area contributed by atoms with Crippen LogP contribution in [0.1, 0.15) is 39.5 Å². The van der Waals surface area contributed by atoms with Crippen molar-refractivity contribution in [2.45, 2.75) is 45.6 Å². The molecule has 0 radical (unpaired) electrons. The fourth-order valence-corrected chi connectivity index (χ4v) is 3.13. The van der Waals surface area contributed by atoms with Gasteiger partial charge in [0.15, 0.2) is 0 Å². The highest BCUT2D eigenvalue weighted by Gasteiger charge is 2.27. The van der Waals surface area contributed by atoms with Gasteiger partial charge in [0, 0.05) is 19.2 Å². The molecule has 0 spiro atoms. The number of nitrogens with one attached hydrogen (secondary N) is 1. The molecule has 118 valence electrons. The summed E-state index contributed by atoms with van der Waals surface area (Å²) in [6.07, 6.45) is 7.15. The third kappa shape index (κ3) is 4.88. The summed E-state index contributed by atoms with van der Waals surface area (Å²) in [6, 6.07) is 4.55. The Morgan fingerprint density at radius 1 is 1.24 bits per heavy atom. The largest absolute Gasteiger partial charge is 0.475 e. The number of pyridine rings is 1. The summed E-state index contributed by atoms with van der Waals surface area (Å²) in [5, 5.41) is 3.66. The van der Waals surface area contributed by atoms with Crippen LogP contribution in [0.2, 0.25) is 0 Å². The first kappa shape index (κ1) is 16.1.